The average Bonchev–Trinajstić information content (AvgIpc) is 2.53. The molecule has 0 saturated carbocycles. The first-order valence-electron chi connectivity index (χ1n) is 7.44. The van der Waals surface area contributed by atoms with Gasteiger partial charge in [-0.2, -0.15) is 18.3 Å². The molecule has 0 bridgehead atoms. The summed E-state index contributed by atoms with van der Waals surface area (Å²) in [4.78, 5) is 4.29. The highest BCUT2D eigenvalue weighted by atomic mass is 19.4. The van der Waals surface area contributed by atoms with Crippen molar-refractivity contribution in [1.82, 2.24) is 15.2 Å². The van der Waals surface area contributed by atoms with Gasteiger partial charge in [0, 0.05) is 28.1 Å². The van der Waals surface area contributed by atoms with Crippen LogP contribution in [-0.4, -0.2) is 26.6 Å². The van der Waals surface area contributed by atoms with Gasteiger partial charge < -0.3 is 5.11 Å². The number of aromatic nitrogens is 3. The summed E-state index contributed by atoms with van der Waals surface area (Å²) in [7, 11) is 0. The van der Waals surface area contributed by atoms with Crippen LogP contribution in [0, 0.1) is 0 Å². The van der Waals surface area contributed by atoms with E-state index in [0.717, 1.165) is 0 Å². The van der Waals surface area contributed by atoms with Gasteiger partial charge in [-0.25, -0.2) is 0 Å². The fourth-order valence-electron chi connectivity index (χ4n) is 2.58. The molecule has 0 amide bonds. The lowest BCUT2D eigenvalue weighted by atomic mass is 9.93. The summed E-state index contributed by atoms with van der Waals surface area (Å²) in [5.41, 5.74) is 0.485. The third-order valence-electron chi connectivity index (χ3n) is 3.66. The van der Waals surface area contributed by atoms with E-state index in [-0.39, 0.29) is 11.2 Å². The maximum atomic E-state index is 12.7. The van der Waals surface area contributed by atoms with Gasteiger partial charge in [-0.15, -0.1) is 5.10 Å². The molecule has 2 heterocycles. The minimum atomic E-state index is -4.62. The number of halogens is 3. The molecular weight excluding hydrogens is 333 g/mol. The van der Waals surface area contributed by atoms with Crippen LogP contribution in [0.15, 0.2) is 42.7 Å². The van der Waals surface area contributed by atoms with E-state index in [1.54, 1.807) is 50.4 Å². The van der Waals surface area contributed by atoms with E-state index in [1.807, 2.05) is 0 Å². The van der Waals surface area contributed by atoms with Crippen LogP contribution in [0.2, 0.25) is 0 Å². The summed E-state index contributed by atoms with van der Waals surface area (Å²) in [5, 5.41) is 19.6. The molecule has 3 aromatic rings. The van der Waals surface area contributed by atoms with Crippen LogP contribution in [0.25, 0.3) is 22.0 Å². The van der Waals surface area contributed by atoms with Gasteiger partial charge in [0.2, 0.25) is 0 Å². The molecule has 0 saturated heterocycles. The van der Waals surface area contributed by atoms with Gasteiger partial charge in [0.1, 0.15) is 0 Å². The molecule has 0 aliphatic rings. The number of fused-ring (bicyclic) bond motifs is 1. The Balaban J connectivity index is 2.19. The molecule has 0 spiro atoms. The fourth-order valence-corrected chi connectivity index (χ4v) is 2.58. The Hall–Kier alpha value is -2.74. The van der Waals surface area contributed by atoms with E-state index in [0.29, 0.717) is 22.2 Å². The van der Waals surface area contributed by atoms with E-state index in [2.05, 4.69) is 15.2 Å². The molecule has 0 fully saturated rings. The van der Waals surface area contributed by atoms with Crippen molar-refractivity contribution in [2.24, 2.45) is 0 Å². The summed E-state index contributed by atoms with van der Waals surface area (Å²) in [5.74, 6) is -0.382. The largest absolute Gasteiger partial charge is 0.483 e. The number of nitrogens with zero attached hydrogens (tertiary/aromatic N) is 3. The van der Waals surface area contributed by atoms with E-state index in [9.17, 15) is 18.3 Å². The SMILES string of the molecule is CC(C)(O)c1cccnc1-c1ccc2cnnc(NC(F)(F)F)c2c1. The lowest BCUT2D eigenvalue weighted by molar-refractivity contribution is -0.100. The molecule has 2 aromatic heterocycles. The number of alkyl halides is 3. The summed E-state index contributed by atoms with van der Waals surface area (Å²) < 4.78 is 38.1. The van der Waals surface area contributed by atoms with Crippen molar-refractivity contribution in [1.29, 1.82) is 0 Å². The normalized spacial score (nSPS) is 12.4. The molecular formula is C17H15F3N4O. The van der Waals surface area contributed by atoms with Crippen LogP contribution in [0.3, 0.4) is 0 Å². The Morgan fingerprint density at radius 2 is 1.88 bits per heavy atom. The molecule has 2 N–H and O–H groups in total. The Morgan fingerprint density at radius 1 is 1.12 bits per heavy atom. The van der Waals surface area contributed by atoms with E-state index in [4.69, 9.17) is 0 Å². The molecule has 0 atom stereocenters. The first kappa shape index (κ1) is 17.1. The highest BCUT2D eigenvalue weighted by molar-refractivity contribution is 5.94. The zero-order valence-corrected chi connectivity index (χ0v) is 13.5. The summed E-state index contributed by atoms with van der Waals surface area (Å²) in [6.07, 6.45) is -1.67. The van der Waals surface area contributed by atoms with Crippen molar-refractivity contribution in [3.63, 3.8) is 0 Å². The molecule has 0 unspecified atom stereocenters. The van der Waals surface area contributed by atoms with Gasteiger partial charge in [0.25, 0.3) is 0 Å². The third kappa shape index (κ3) is 3.69. The lowest BCUT2D eigenvalue weighted by Crippen LogP contribution is -2.21. The summed E-state index contributed by atoms with van der Waals surface area (Å²) in [6.45, 7) is 3.24. The number of hydrogen-bond acceptors (Lipinski definition) is 5. The molecule has 25 heavy (non-hydrogen) atoms. The van der Waals surface area contributed by atoms with Gasteiger partial charge in [-0.3, -0.25) is 10.3 Å². The van der Waals surface area contributed by atoms with Gasteiger partial charge >= 0.3 is 6.30 Å². The van der Waals surface area contributed by atoms with Crippen molar-refractivity contribution in [2.75, 3.05) is 5.32 Å². The molecule has 130 valence electrons. The van der Waals surface area contributed by atoms with Gasteiger partial charge in [0.05, 0.1) is 17.5 Å². The van der Waals surface area contributed by atoms with Gasteiger partial charge in [-0.1, -0.05) is 18.2 Å². The Kier molecular flexibility index (Phi) is 4.08. The Labute approximate surface area is 141 Å². The molecule has 8 heteroatoms. The predicted octanol–water partition coefficient (Wildman–Crippen LogP) is 3.85. The number of aliphatic hydroxyl groups is 1. The van der Waals surface area contributed by atoms with E-state index < -0.39 is 11.9 Å². The molecule has 3 rings (SSSR count). The molecule has 5 nitrogen and oxygen atoms in total. The number of nitrogens with one attached hydrogen (secondary N) is 1. The van der Waals surface area contributed by atoms with Gasteiger partial charge in [0.15, 0.2) is 5.82 Å². The van der Waals surface area contributed by atoms with Crippen LogP contribution in [0.5, 0.6) is 0 Å². The van der Waals surface area contributed by atoms with Gasteiger partial charge in [-0.05, 0) is 26.0 Å². The zero-order valence-electron chi connectivity index (χ0n) is 13.5. The number of hydrogen-bond donors (Lipinski definition) is 2. The van der Waals surface area contributed by atoms with E-state index in [1.165, 1.54) is 11.5 Å². The maximum Gasteiger partial charge on any atom is 0.483 e. The highest BCUT2D eigenvalue weighted by Gasteiger charge is 2.29. The number of pyridine rings is 1. The smallest absolute Gasteiger partial charge is 0.386 e. The first-order valence-corrected chi connectivity index (χ1v) is 7.44. The molecule has 1 aromatic carbocycles. The molecule has 0 aliphatic heterocycles. The minimum absolute atomic E-state index is 0.261. The van der Waals surface area contributed by atoms with E-state index >= 15 is 0 Å². The second-order valence-electron chi connectivity index (χ2n) is 6.08. The van der Waals surface area contributed by atoms with Crippen LogP contribution in [0.4, 0.5) is 19.0 Å². The highest BCUT2D eigenvalue weighted by Crippen LogP contribution is 2.33. The quantitative estimate of drug-likeness (QED) is 0.704. The van der Waals surface area contributed by atoms with Crippen molar-refractivity contribution in [3.8, 4) is 11.3 Å². The van der Waals surface area contributed by atoms with Crippen LogP contribution >= 0.6 is 0 Å². The zero-order chi connectivity index (χ0) is 18.2. The van der Waals surface area contributed by atoms with Crippen LogP contribution < -0.4 is 5.32 Å². The number of anilines is 1. The summed E-state index contributed by atoms with van der Waals surface area (Å²) >= 11 is 0. The van der Waals surface area contributed by atoms with Crippen molar-refractivity contribution in [3.05, 3.63) is 48.3 Å². The first-order chi connectivity index (χ1) is 11.6. The number of benzene rings is 1. The topological polar surface area (TPSA) is 70.9 Å². The third-order valence-corrected chi connectivity index (χ3v) is 3.66. The number of rotatable bonds is 3. The second-order valence-corrected chi connectivity index (χ2v) is 6.08. The average molecular weight is 348 g/mol. The molecule has 0 radical (unpaired) electrons. The molecule has 0 aliphatic carbocycles. The van der Waals surface area contributed by atoms with Crippen molar-refractivity contribution >= 4 is 16.6 Å². The minimum Gasteiger partial charge on any atom is -0.386 e. The van der Waals surface area contributed by atoms with Crippen LogP contribution in [-0.2, 0) is 5.60 Å². The predicted molar refractivity (Wildman–Crippen MR) is 87.7 cm³/mol. The maximum absolute atomic E-state index is 12.7. The Bertz CT molecular complexity index is 920. The Morgan fingerprint density at radius 3 is 2.56 bits per heavy atom. The van der Waals surface area contributed by atoms with Crippen molar-refractivity contribution < 1.29 is 18.3 Å². The second kappa shape index (κ2) is 5.96. The monoisotopic (exact) mass is 348 g/mol. The lowest BCUT2D eigenvalue weighted by Gasteiger charge is -2.21. The van der Waals surface area contributed by atoms with Crippen molar-refractivity contribution in [2.45, 2.75) is 25.7 Å². The standard InChI is InChI=1S/C17H15F3N4O/c1-16(2,25)13-4-3-7-21-14(13)10-5-6-11-9-22-24-15(12(11)8-10)23-17(18,19)20/h3-9,25H,1-2H3,(H,23,24). The van der Waals surface area contributed by atoms with Crippen LogP contribution in [0.1, 0.15) is 19.4 Å². The fraction of sp³-hybridized carbons (Fsp3) is 0.235. The summed E-state index contributed by atoms with van der Waals surface area (Å²) in [6, 6.07) is 8.34.